The highest BCUT2D eigenvalue weighted by molar-refractivity contribution is 5.39. The molecule has 1 rings (SSSR count). The molecule has 0 amide bonds. The Hall–Kier alpha value is -1.00. The molecule has 0 aliphatic carbocycles. The van der Waals surface area contributed by atoms with Crippen molar-refractivity contribution in [3.05, 3.63) is 34.4 Å². The number of aryl methyl sites for hydroxylation is 3. The lowest BCUT2D eigenvalue weighted by Crippen LogP contribution is -2.28. The minimum Gasteiger partial charge on any atom is -0.374 e. The molecule has 0 spiro atoms. The van der Waals surface area contributed by atoms with E-state index in [0.29, 0.717) is 0 Å². The Bertz CT molecular complexity index is 398. The number of benzene rings is 1. The van der Waals surface area contributed by atoms with Crippen molar-refractivity contribution in [1.82, 2.24) is 5.32 Å². The van der Waals surface area contributed by atoms with Crippen LogP contribution < -0.4 is 5.32 Å². The lowest BCUT2D eigenvalue weighted by atomic mass is 9.94. The third kappa shape index (κ3) is 5.17. The molecule has 1 aromatic rings. The third-order valence-electron chi connectivity index (χ3n) is 3.26. The first kappa shape index (κ1) is 17.1. The highest BCUT2D eigenvalue weighted by Crippen LogP contribution is 2.24. The molecule has 2 nitrogen and oxygen atoms in total. The monoisotopic (exact) mass is 285 g/mol. The van der Waals surface area contributed by atoms with E-state index >= 15 is 0 Å². The molecule has 0 heterocycles. The molecule has 1 aromatic carbocycles. The van der Waals surface area contributed by atoms with E-state index in [1.165, 1.54) is 22.3 Å². The summed E-state index contributed by atoms with van der Waals surface area (Å²) in [6.07, 6.45) is -1.42. The molecule has 4 heteroatoms. The van der Waals surface area contributed by atoms with E-state index in [-0.39, 0.29) is 12.6 Å². The predicted molar refractivity (Wildman–Crippen MR) is 78.5 cm³/mol. The molecule has 0 radical (unpaired) electrons. The number of hydrogen-bond donors (Lipinski definition) is 1. The lowest BCUT2D eigenvalue weighted by Gasteiger charge is -2.23. The minimum atomic E-state index is -2.41. The van der Waals surface area contributed by atoms with Gasteiger partial charge in [-0.15, -0.1) is 0 Å². The van der Waals surface area contributed by atoms with Crippen LogP contribution in [0.1, 0.15) is 41.6 Å². The summed E-state index contributed by atoms with van der Waals surface area (Å²) in [5.74, 6) is 0. The molecule has 0 fully saturated rings. The fraction of sp³-hybridized carbons (Fsp3) is 0.625. The van der Waals surface area contributed by atoms with Crippen LogP contribution in [-0.2, 0) is 4.74 Å². The number of alkyl halides is 2. The number of hydrogen-bond acceptors (Lipinski definition) is 2. The summed E-state index contributed by atoms with van der Waals surface area (Å²) in [4.78, 5) is 0. The average Bonchev–Trinajstić information content (AvgIpc) is 2.33. The maximum absolute atomic E-state index is 12.2. The quantitative estimate of drug-likeness (QED) is 0.781. The Morgan fingerprint density at radius 3 is 2.20 bits per heavy atom. The van der Waals surface area contributed by atoms with Crippen molar-refractivity contribution in [3.8, 4) is 0 Å². The van der Waals surface area contributed by atoms with E-state index in [0.717, 1.165) is 13.0 Å². The molecule has 0 bridgehead atoms. The van der Waals surface area contributed by atoms with Crippen LogP contribution in [0.4, 0.5) is 8.78 Å². The Kier molecular flexibility index (Phi) is 7.10. The Labute approximate surface area is 120 Å². The topological polar surface area (TPSA) is 21.3 Å². The maximum Gasteiger partial charge on any atom is 0.261 e. The summed E-state index contributed by atoms with van der Waals surface area (Å²) < 4.78 is 29.5. The van der Waals surface area contributed by atoms with Gasteiger partial charge in [0.2, 0.25) is 0 Å². The molecule has 0 aromatic heterocycles. The van der Waals surface area contributed by atoms with Gasteiger partial charge in [0.1, 0.15) is 6.61 Å². The first-order valence-electron chi connectivity index (χ1n) is 7.12. The van der Waals surface area contributed by atoms with E-state index in [4.69, 9.17) is 4.74 Å². The minimum absolute atomic E-state index is 0.0331. The van der Waals surface area contributed by atoms with Gasteiger partial charge in [0.25, 0.3) is 6.43 Å². The zero-order chi connectivity index (χ0) is 15.1. The molecule has 0 saturated carbocycles. The molecule has 1 unspecified atom stereocenters. The van der Waals surface area contributed by atoms with Crippen molar-refractivity contribution in [2.45, 2.75) is 46.6 Å². The number of ether oxygens (including phenoxy) is 1. The van der Waals surface area contributed by atoms with E-state index in [1.807, 2.05) is 0 Å². The van der Waals surface area contributed by atoms with Crippen LogP contribution in [0, 0.1) is 20.8 Å². The van der Waals surface area contributed by atoms with Gasteiger partial charge in [-0.25, -0.2) is 8.78 Å². The predicted octanol–water partition coefficient (Wildman–Crippen LogP) is 3.93. The van der Waals surface area contributed by atoms with Gasteiger partial charge in [-0.1, -0.05) is 24.6 Å². The van der Waals surface area contributed by atoms with Crippen LogP contribution in [0.15, 0.2) is 12.1 Å². The van der Waals surface area contributed by atoms with E-state index < -0.39 is 13.0 Å². The summed E-state index contributed by atoms with van der Waals surface area (Å²) >= 11 is 0. The van der Waals surface area contributed by atoms with Gasteiger partial charge in [-0.3, -0.25) is 0 Å². The van der Waals surface area contributed by atoms with E-state index in [1.54, 1.807) is 0 Å². The fourth-order valence-corrected chi connectivity index (χ4v) is 2.58. The van der Waals surface area contributed by atoms with Crippen molar-refractivity contribution < 1.29 is 13.5 Å². The summed E-state index contributed by atoms with van der Waals surface area (Å²) in [5.41, 5.74) is 4.73. The van der Waals surface area contributed by atoms with E-state index in [2.05, 4.69) is 45.1 Å². The van der Waals surface area contributed by atoms with Crippen LogP contribution in [0.25, 0.3) is 0 Å². The molecule has 1 N–H and O–H groups in total. The van der Waals surface area contributed by atoms with Gasteiger partial charge in [-0.2, -0.15) is 0 Å². The van der Waals surface area contributed by atoms with Gasteiger partial charge in [0.05, 0.1) is 12.6 Å². The molecule has 0 aliphatic rings. The van der Waals surface area contributed by atoms with Crippen LogP contribution in [-0.4, -0.2) is 26.2 Å². The Morgan fingerprint density at radius 1 is 1.10 bits per heavy atom. The van der Waals surface area contributed by atoms with Crippen molar-refractivity contribution in [1.29, 1.82) is 0 Å². The van der Waals surface area contributed by atoms with Gasteiger partial charge < -0.3 is 10.1 Å². The van der Waals surface area contributed by atoms with Gasteiger partial charge in [-0.05, 0) is 50.4 Å². The first-order chi connectivity index (χ1) is 9.45. The zero-order valence-corrected chi connectivity index (χ0v) is 12.8. The molecular formula is C16H25F2NO. The summed E-state index contributed by atoms with van der Waals surface area (Å²) in [7, 11) is 0. The second-order valence-corrected chi connectivity index (χ2v) is 5.25. The zero-order valence-electron chi connectivity index (χ0n) is 12.8. The van der Waals surface area contributed by atoms with Gasteiger partial charge in [0, 0.05) is 0 Å². The normalized spacial score (nSPS) is 12.9. The maximum atomic E-state index is 12.2. The van der Waals surface area contributed by atoms with Crippen molar-refractivity contribution in [2.24, 2.45) is 0 Å². The highest BCUT2D eigenvalue weighted by atomic mass is 19.3. The van der Waals surface area contributed by atoms with Crippen LogP contribution in [0.5, 0.6) is 0 Å². The molecule has 0 saturated heterocycles. The molecule has 20 heavy (non-hydrogen) atoms. The summed E-state index contributed by atoms with van der Waals surface area (Å²) in [6.45, 7) is 8.87. The molecular weight excluding hydrogens is 260 g/mol. The van der Waals surface area contributed by atoms with Gasteiger partial charge in [0.15, 0.2) is 0 Å². The van der Waals surface area contributed by atoms with Crippen molar-refractivity contribution in [2.75, 3.05) is 19.8 Å². The number of nitrogens with one attached hydrogen (secondary N) is 1. The van der Waals surface area contributed by atoms with Crippen molar-refractivity contribution >= 4 is 0 Å². The van der Waals surface area contributed by atoms with E-state index in [9.17, 15) is 8.78 Å². The average molecular weight is 285 g/mol. The SMILES string of the molecule is CCCNC(COCC(F)F)c1c(C)cc(C)cc1C. The second-order valence-electron chi connectivity index (χ2n) is 5.25. The molecule has 1 atom stereocenters. The number of halogens is 2. The van der Waals surface area contributed by atoms with Gasteiger partial charge >= 0.3 is 0 Å². The molecule has 0 aliphatic heterocycles. The smallest absolute Gasteiger partial charge is 0.261 e. The standard InChI is InChI=1S/C16H25F2NO/c1-5-6-19-14(9-20-10-15(17)18)16-12(3)7-11(2)8-13(16)4/h7-8,14-15,19H,5-6,9-10H2,1-4H3. The highest BCUT2D eigenvalue weighted by Gasteiger charge is 2.17. The lowest BCUT2D eigenvalue weighted by molar-refractivity contribution is 0.00911. The van der Waals surface area contributed by atoms with Crippen LogP contribution in [0.3, 0.4) is 0 Å². The Balaban J connectivity index is 2.86. The number of rotatable bonds is 8. The summed E-state index contributed by atoms with van der Waals surface area (Å²) in [5, 5.41) is 3.39. The second kappa shape index (κ2) is 8.32. The van der Waals surface area contributed by atoms with Crippen LogP contribution in [0.2, 0.25) is 0 Å². The third-order valence-corrected chi connectivity index (χ3v) is 3.26. The fourth-order valence-electron chi connectivity index (χ4n) is 2.58. The first-order valence-corrected chi connectivity index (χ1v) is 7.12. The van der Waals surface area contributed by atoms with Crippen molar-refractivity contribution in [3.63, 3.8) is 0 Å². The Morgan fingerprint density at radius 2 is 1.70 bits per heavy atom. The van der Waals surface area contributed by atoms with Crippen LogP contribution >= 0.6 is 0 Å². The largest absolute Gasteiger partial charge is 0.374 e. The molecule has 114 valence electrons. The summed E-state index contributed by atoms with van der Waals surface area (Å²) in [6, 6.07) is 4.21.